The summed E-state index contributed by atoms with van der Waals surface area (Å²) in [4.78, 5) is 15.5. The molecule has 2 rings (SSSR count). The average molecular weight is 235 g/mol. The molecule has 1 atom stereocenters. The van der Waals surface area contributed by atoms with Gasteiger partial charge in [0.1, 0.15) is 5.75 Å². The van der Waals surface area contributed by atoms with Gasteiger partial charge in [0.15, 0.2) is 0 Å². The van der Waals surface area contributed by atoms with Crippen LogP contribution in [0.2, 0.25) is 0 Å². The average Bonchev–Trinajstić information content (AvgIpc) is 2.82. The number of aromatic nitrogens is 1. The first-order valence-electron chi connectivity index (χ1n) is 5.89. The minimum absolute atomic E-state index is 0.0764. The molecular weight excluding hydrogens is 218 g/mol. The highest BCUT2D eigenvalue weighted by atomic mass is 16.3. The Balaban J connectivity index is 1.79. The molecule has 1 aliphatic rings. The molecular formula is C12H17N3O2. The summed E-state index contributed by atoms with van der Waals surface area (Å²) in [5, 5.41) is 15.6. The summed E-state index contributed by atoms with van der Waals surface area (Å²) in [7, 11) is 0. The minimum atomic E-state index is -0.240. The van der Waals surface area contributed by atoms with Crippen LogP contribution in [-0.4, -0.2) is 35.6 Å². The minimum Gasteiger partial charge on any atom is -0.505 e. The molecule has 1 saturated heterocycles. The van der Waals surface area contributed by atoms with Crippen LogP contribution in [0.4, 0.5) is 0 Å². The molecule has 0 spiro atoms. The second-order valence-electron chi connectivity index (χ2n) is 4.30. The Labute approximate surface area is 100 Å². The molecule has 1 aromatic rings. The fourth-order valence-electron chi connectivity index (χ4n) is 2.02. The van der Waals surface area contributed by atoms with E-state index in [9.17, 15) is 9.90 Å². The van der Waals surface area contributed by atoms with Crippen molar-refractivity contribution < 1.29 is 9.90 Å². The molecule has 1 amide bonds. The maximum absolute atomic E-state index is 11.7. The van der Waals surface area contributed by atoms with E-state index in [1.54, 1.807) is 0 Å². The Kier molecular flexibility index (Phi) is 3.93. The lowest BCUT2D eigenvalue weighted by atomic mass is 10.1. The highest BCUT2D eigenvalue weighted by Gasteiger charge is 2.15. The number of pyridine rings is 1. The van der Waals surface area contributed by atoms with Crippen LogP contribution in [0.25, 0.3) is 0 Å². The summed E-state index contributed by atoms with van der Waals surface area (Å²) in [6, 6.07) is 1.52. The first kappa shape index (κ1) is 11.9. The lowest BCUT2D eigenvalue weighted by Crippen LogP contribution is -2.26. The molecule has 1 fully saturated rings. The summed E-state index contributed by atoms with van der Waals surface area (Å²) in [6.45, 7) is 2.76. The Bertz CT molecular complexity index is 389. The van der Waals surface area contributed by atoms with Crippen molar-refractivity contribution in [1.29, 1.82) is 0 Å². The van der Waals surface area contributed by atoms with Gasteiger partial charge in [-0.2, -0.15) is 0 Å². The van der Waals surface area contributed by atoms with Gasteiger partial charge in [-0.3, -0.25) is 9.78 Å². The van der Waals surface area contributed by atoms with Crippen LogP contribution in [-0.2, 0) is 0 Å². The molecule has 17 heavy (non-hydrogen) atoms. The fourth-order valence-corrected chi connectivity index (χ4v) is 2.02. The number of hydrogen-bond acceptors (Lipinski definition) is 4. The van der Waals surface area contributed by atoms with Gasteiger partial charge >= 0.3 is 0 Å². The summed E-state index contributed by atoms with van der Waals surface area (Å²) >= 11 is 0. The van der Waals surface area contributed by atoms with Crippen molar-refractivity contribution in [3.63, 3.8) is 0 Å². The van der Waals surface area contributed by atoms with Gasteiger partial charge in [0, 0.05) is 12.7 Å². The van der Waals surface area contributed by atoms with Crippen molar-refractivity contribution in [2.45, 2.75) is 12.8 Å². The summed E-state index contributed by atoms with van der Waals surface area (Å²) in [5.41, 5.74) is 0.282. The third-order valence-electron chi connectivity index (χ3n) is 3.05. The molecule has 0 bridgehead atoms. The normalized spacial score (nSPS) is 19.2. The van der Waals surface area contributed by atoms with Crippen LogP contribution < -0.4 is 10.6 Å². The van der Waals surface area contributed by atoms with E-state index in [4.69, 9.17) is 0 Å². The van der Waals surface area contributed by atoms with Gasteiger partial charge in [-0.1, -0.05) is 0 Å². The van der Waals surface area contributed by atoms with Gasteiger partial charge < -0.3 is 15.7 Å². The van der Waals surface area contributed by atoms with Crippen LogP contribution in [0.3, 0.4) is 0 Å². The standard InChI is InChI=1S/C12H17N3O2/c16-11-8-14-5-3-10(11)12(17)15-6-2-9-1-4-13-7-9/h3,5,8-9,13,16H,1-2,4,6-7H2,(H,15,17). The quantitative estimate of drug-likeness (QED) is 0.711. The molecule has 1 unspecified atom stereocenters. The summed E-state index contributed by atoms with van der Waals surface area (Å²) in [6.07, 6.45) is 4.92. The van der Waals surface area contributed by atoms with Crippen LogP contribution >= 0.6 is 0 Å². The fraction of sp³-hybridized carbons (Fsp3) is 0.500. The highest BCUT2D eigenvalue weighted by molar-refractivity contribution is 5.96. The van der Waals surface area contributed by atoms with Gasteiger partial charge in [-0.15, -0.1) is 0 Å². The maximum atomic E-state index is 11.7. The topological polar surface area (TPSA) is 74.2 Å². The Morgan fingerprint density at radius 2 is 2.53 bits per heavy atom. The van der Waals surface area contributed by atoms with Gasteiger partial charge in [0.05, 0.1) is 11.8 Å². The van der Waals surface area contributed by atoms with Crippen molar-refractivity contribution in [3.05, 3.63) is 24.0 Å². The number of amides is 1. The number of carbonyl (C=O) groups is 1. The van der Waals surface area contributed by atoms with E-state index in [2.05, 4.69) is 15.6 Å². The summed E-state index contributed by atoms with van der Waals surface area (Å²) < 4.78 is 0. The molecule has 5 nitrogen and oxygen atoms in total. The number of carbonyl (C=O) groups excluding carboxylic acids is 1. The third-order valence-corrected chi connectivity index (χ3v) is 3.05. The lowest BCUT2D eigenvalue weighted by molar-refractivity contribution is 0.0949. The van der Waals surface area contributed by atoms with Crippen molar-refractivity contribution >= 4 is 5.91 Å². The molecule has 0 aliphatic carbocycles. The predicted molar refractivity (Wildman–Crippen MR) is 63.8 cm³/mol. The van der Waals surface area contributed by atoms with E-state index in [-0.39, 0.29) is 17.2 Å². The van der Waals surface area contributed by atoms with Crippen LogP contribution in [0.1, 0.15) is 23.2 Å². The zero-order valence-electron chi connectivity index (χ0n) is 9.65. The van der Waals surface area contributed by atoms with E-state index in [1.807, 2.05) is 0 Å². The first-order chi connectivity index (χ1) is 8.27. The Morgan fingerprint density at radius 3 is 3.24 bits per heavy atom. The Hall–Kier alpha value is -1.62. The van der Waals surface area contributed by atoms with Crippen molar-refractivity contribution in [3.8, 4) is 5.75 Å². The van der Waals surface area contributed by atoms with E-state index < -0.39 is 0 Å². The van der Waals surface area contributed by atoms with Gasteiger partial charge in [-0.25, -0.2) is 0 Å². The Morgan fingerprint density at radius 1 is 1.65 bits per heavy atom. The number of hydrogen-bond donors (Lipinski definition) is 3. The molecule has 0 aromatic carbocycles. The van der Waals surface area contributed by atoms with Crippen LogP contribution in [0.5, 0.6) is 5.75 Å². The second kappa shape index (κ2) is 5.63. The lowest BCUT2D eigenvalue weighted by Gasteiger charge is -2.09. The largest absolute Gasteiger partial charge is 0.505 e. The number of aromatic hydroxyl groups is 1. The third kappa shape index (κ3) is 3.17. The second-order valence-corrected chi connectivity index (χ2v) is 4.30. The number of rotatable bonds is 4. The molecule has 0 radical (unpaired) electrons. The number of nitrogens with one attached hydrogen (secondary N) is 2. The monoisotopic (exact) mass is 235 g/mol. The number of nitrogens with zero attached hydrogens (tertiary/aromatic N) is 1. The molecule has 1 aliphatic heterocycles. The van der Waals surface area contributed by atoms with Crippen molar-refractivity contribution in [1.82, 2.24) is 15.6 Å². The maximum Gasteiger partial charge on any atom is 0.255 e. The van der Waals surface area contributed by atoms with Gasteiger partial charge in [-0.05, 0) is 37.9 Å². The molecule has 5 heteroatoms. The smallest absolute Gasteiger partial charge is 0.255 e. The molecule has 2 heterocycles. The molecule has 1 aromatic heterocycles. The zero-order valence-corrected chi connectivity index (χ0v) is 9.65. The highest BCUT2D eigenvalue weighted by Crippen LogP contribution is 2.14. The van der Waals surface area contributed by atoms with Gasteiger partial charge in [0.25, 0.3) is 5.91 Å². The molecule has 3 N–H and O–H groups in total. The van der Waals surface area contributed by atoms with Gasteiger partial charge in [0.2, 0.25) is 0 Å². The van der Waals surface area contributed by atoms with Crippen LogP contribution in [0.15, 0.2) is 18.5 Å². The van der Waals surface area contributed by atoms with E-state index >= 15 is 0 Å². The predicted octanol–water partition coefficient (Wildman–Crippen LogP) is 0.517. The van der Waals surface area contributed by atoms with E-state index in [0.29, 0.717) is 12.5 Å². The molecule has 92 valence electrons. The van der Waals surface area contributed by atoms with E-state index in [0.717, 1.165) is 19.5 Å². The van der Waals surface area contributed by atoms with Crippen LogP contribution in [0, 0.1) is 5.92 Å². The van der Waals surface area contributed by atoms with Crippen molar-refractivity contribution in [2.75, 3.05) is 19.6 Å². The molecule has 0 saturated carbocycles. The zero-order chi connectivity index (χ0) is 12.1. The van der Waals surface area contributed by atoms with E-state index in [1.165, 1.54) is 24.9 Å². The first-order valence-corrected chi connectivity index (χ1v) is 5.89. The summed E-state index contributed by atoms with van der Waals surface area (Å²) in [5.74, 6) is 0.338. The van der Waals surface area contributed by atoms with Crippen molar-refractivity contribution in [2.24, 2.45) is 5.92 Å². The SMILES string of the molecule is O=C(NCCC1CCNC1)c1ccncc1O.